The molecule has 5 atom stereocenters. The van der Waals surface area contributed by atoms with Crippen molar-refractivity contribution in [2.24, 2.45) is 11.8 Å². The number of hydrogen-bond donors (Lipinski definition) is 5. The van der Waals surface area contributed by atoms with Gasteiger partial charge in [-0.1, -0.05) is 0 Å². The van der Waals surface area contributed by atoms with Crippen molar-refractivity contribution in [3.05, 3.63) is 0 Å². The summed E-state index contributed by atoms with van der Waals surface area (Å²) in [4.78, 5) is 0. The summed E-state index contributed by atoms with van der Waals surface area (Å²) in [7, 11) is 0. The van der Waals surface area contributed by atoms with Gasteiger partial charge in [0.2, 0.25) is 0 Å². The average Bonchev–Trinajstić information content (AvgIpc) is 2.51. The molecule has 1 saturated carbocycles. The summed E-state index contributed by atoms with van der Waals surface area (Å²) in [5.74, 6) is 0.590. The predicted molar refractivity (Wildman–Crippen MR) is 81.5 cm³/mol. The largest absolute Gasteiger partial charge is 0.394 e. The number of ether oxygens (including phenoxy) is 2. The van der Waals surface area contributed by atoms with Gasteiger partial charge in [-0.25, -0.2) is 0 Å². The molecule has 5 unspecified atom stereocenters. The fourth-order valence-electron chi connectivity index (χ4n) is 3.47. The Hall–Kier alpha value is -0.280. The van der Waals surface area contributed by atoms with Gasteiger partial charge in [-0.3, -0.25) is 0 Å². The highest BCUT2D eigenvalue weighted by Gasteiger charge is 2.44. The van der Waals surface area contributed by atoms with E-state index < -0.39 is 42.9 Å². The lowest BCUT2D eigenvalue weighted by molar-refractivity contribution is -0.303. The van der Waals surface area contributed by atoms with Gasteiger partial charge in [0.05, 0.1) is 18.8 Å². The highest BCUT2D eigenvalue weighted by molar-refractivity contribution is 4.89. The van der Waals surface area contributed by atoms with E-state index in [0.29, 0.717) is 12.5 Å². The van der Waals surface area contributed by atoms with Gasteiger partial charge in [-0.05, 0) is 51.4 Å². The second-order valence-corrected chi connectivity index (χ2v) is 7.40. The van der Waals surface area contributed by atoms with Crippen LogP contribution in [0.25, 0.3) is 0 Å². The maximum absolute atomic E-state index is 10.0. The first-order valence-electron chi connectivity index (χ1n) is 8.38. The zero-order chi connectivity index (χ0) is 17.2. The third-order valence-corrected chi connectivity index (χ3v) is 5.19. The van der Waals surface area contributed by atoms with Crippen LogP contribution in [-0.4, -0.2) is 75.1 Å². The normalized spacial score (nSPS) is 42.7. The van der Waals surface area contributed by atoms with Crippen molar-refractivity contribution in [3.8, 4) is 0 Å². The molecule has 2 aliphatic rings. The van der Waals surface area contributed by atoms with Gasteiger partial charge in [0.1, 0.15) is 24.4 Å². The molecule has 0 radical (unpaired) electrons. The van der Waals surface area contributed by atoms with Gasteiger partial charge in [0.25, 0.3) is 0 Å². The molecule has 7 heteroatoms. The first-order chi connectivity index (χ1) is 10.7. The van der Waals surface area contributed by atoms with Crippen LogP contribution < -0.4 is 0 Å². The fraction of sp³-hybridized carbons (Fsp3) is 1.00. The van der Waals surface area contributed by atoms with Crippen LogP contribution in [0.3, 0.4) is 0 Å². The Morgan fingerprint density at radius 1 is 1.00 bits per heavy atom. The minimum Gasteiger partial charge on any atom is -0.394 e. The van der Waals surface area contributed by atoms with E-state index >= 15 is 0 Å². The molecule has 2 rings (SSSR count). The lowest BCUT2D eigenvalue weighted by Gasteiger charge is -2.40. The van der Waals surface area contributed by atoms with E-state index in [1.54, 1.807) is 0 Å². The minimum atomic E-state index is -1.41. The molecular formula is C16H30O7. The summed E-state index contributed by atoms with van der Waals surface area (Å²) in [6.07, 6.45) is -2.42. The number of hydrogen-bond acceptors (Lipinski definition) is 7. The summed E-state index contributed by atoms with van der Waals surface area (Å²) in [6.45, 7) is 3.59. The summed E-state index contributed by atoms with van der Waals surface area (Å²) >= 11 is 0. The molecule has 0 amide bonds. The molecule has 0 spiro atoms. The lowest BCUT2D eigenvalue weighted by Crippen LogP contribution is -2.59. The van der Waals surface area contributed by atoms with E-state index in [2.05, 4.69) is 0 Å². The van der Waals surface area contributed by atoms with Gasteiger partial charge >= 0.3 is 0 Å². The van der Waals surface area contributed by atoms with E-state index in [1.165, 1.54) is 0 Å². The summed E-state index contributed by atoms with van der Waals surface area (Å²) < 4.78 is 10.9. The van der Waals surface area contributed by atoms with E-state index in [9.17, 15) is 20.4 Å². The van der Waals surface area contributed by atoms with Gasteiger partial charge in [-0.15, -0.1) is 0 Å². The SMILES string of the molecule is CC(C)(O)C1CCC(COC2OC(CO)C(O)C(O)C2O)CC1. The van der Waals surface area contributed by atoms with Crippen molar-refractivity contribution >= 4 is 0 Å². The van der Waals surface area contributed by atoms with E-state index in [1.807, 2.05) is 13.8 Å². The molecule has 0 aromatic carbocycles. The van der Waals surface area contributed by atoms with Crippen LogP contribution in [0.2, 0.25) is 0 Å². The second kappa shape index (κ2) is 7.74. The molecule has 5 N–H and O–H groups in total. The maximum Gasteiger partial charge on any atom is 0.186 e. The molecular weight excluding hydrogens is 304 g/mol. The molecule has 0 aromatic heterocycles. The molecule has 0 aromatic rings. The Morgan fingerprint density at radius 2 is 1.61 bits per heavy atom. The van der Waals surface area contributed by atoms with Crippen LogP contribution in [0.1, 0.15) is 39.5 Å². The quantitative estimate of drug-likeness (QED) is 0.454. The monoisotopic (exact) mass is 334 g/mol. The lowest BCUT2D eigenvalue weighted by atomic mass is 9.75. The molecule has 0 bridgehead atoms. The van der Waals surface area contributed by atoms with Crippen LogP contribution in [0.4, 0.5) is 0 Å². The number of rotatable bonds is 5. The van der Waals surface area contributed by atoms with E-state index in [4.69, 9.17) is 14.6 Å². The van der Waals surface area contributed by atoms with Crippen LogP contribution in [0.15, 0.2) is 0 Å². The summed E-state index contributed by atoms with van der Waals surface area (Å²) in [6, 6.07) is 0. The Balaban J connectivity index is 1.80. The molecule has 1 heterocycles. The Bertz CT molecular complexity index is 360. The first-order valence-corrected chi connectivity index (χ1v) is 8.38. The number of aliphatic hydroxyl groups excluding tert-OH is 4. The smallest absolute Gasteiger partial charge is 0.186 e. The highest BCUT2D eigenvalue weighted by Crippen LogP contribution is 2.35. The average molecular weight is 334 g/mol. The molecule has 1 aliphatic carbocycles. The maximum atomic E-state index is 10.0. The third-order valence-electron chi connectivity index (χ3n) is 5.19. The standard InChI is InChI=1S/C16H30O7/c1-16(2,21)10-5-3-9(4-6-10)8-22-15-14(20)13(19)12(18)11(7-17)23-15/h9-15,17-21H,3-8H2,1-2H3. The molecule has 23 heavy (non-hydrogen) atoms. The van der Waals surface area contributed by atoms with Crippen LogP contribution in [0.5, 0.6) is 0 Å². The molecule has 1 aliphatic heterocycles. The number of aliphatic hydroxyl groups is 5. The van der Waals surface area contributed by atoms with Gasteiger partial charge in [0.15, 0.2) is 6.29 Å². The third kappa shape index (κ3) is 4.63. The zero-order valence-corrected chi connectivity index (χ0v) is 13.8. The molecule has 7 nitrogen and oxygen atoms in total. The Labute approximate surface area is 136 Å². The zero-order valence-electron chi connectivity index (χ0n) is 13.8. The highest BCUT2D eigenvalue weighted by atomic mass is 16.7. The van der Waals surface area contributed by atoms with Crippen LogP contribution >= 0.6 is 0 Å². The van der Waals surface area contributed by atoms with Crippen molar-refractivity contribution in [1.29, 1.82) is 0 Å². The molecule has 2 fully saturated rings. The molecule has 136 valence electrons. The second-order valence-electron chi connectivity index (χ2n) is 7.40. The first kappa shape index (κ1) is 19.1. The van der Waals surface area contributed by atoms with Crippen molar-refractivity contribution in [3.63, 3.8) is 0 Å². The Morgan fingerprint density at radius 3 is 2.13 bits per heavy atom. The van der Waals surface area contributed by atoms with Gasteiger partial charge in [-0.2, -0.15) is 0 Å². The topological polar surface area (TPSA) is 120 Å². The van der Waals surface area contributed by atoms with Gasteiger partial charge < -0.3 is 35.0 Å². The fourth-order valence-corrected chi connectivity index (χ4v) is 3.47. The van der Waals surface area contributed by atoms with Crippen molar-refractivity contribution in [2.75, 3.05) is 13.2 Å². The van der Waals surface area contributed by atoms with Crippen molar-refractivity contribution < 1.29 is 35.0 Å². The Kier molecular flexibility index (Phi) is 6.41. The predicted octanol–water partition coefficient (Wildman–Crippen LogP) is -0.620. The molecule has 1 saturated heterocycles. The van der Waals surface area contributed by atoms with Crippen molar-refractivity contribution in [2.45, 2.75) is 75.8 Å². The van der Waals surface area contributed by atoms with E-state index in [0.717, 1.165) is 25.7 Å². The van der Waals surface area contributed by atoms with Crippen molar-refractivity contribution in [1.82, 2.24) is 0 Å². The summed E-state index contributed by atoms with van der Waals surface area (Å²) in [5, 5.41) is 48.6. The van der Waals surface area contributed by atoms with Crippen LogP contribution in [-0.2, 0) is 9.47 Å². The summed E-state index contributed by atoms with van der Waals surface area (Å²) in [5.41, 5.74) is -0.664. The van der Waals surface area contributed by atoms with Crippen LogP contribution in [0, 0.1) is 11.8 Å². The van der Waals surface area contributed by atoms with E-state index in [-0.39, 0.29) is 5.92 Å². The minimum absolute atomic E-state index is 0.283. The van der Waals surface area contributed by atoms with Gasteiger partial charge in [0, 0.05) is 0 Å².